The molecule has 0 spiro atoms. The zero-order valence-corrected chi connectivity index (χ0v) is 16.5. The molecule has 0 amide bonds. The zero-order valence-electron chi connectivity index (χ0n) is 15.7. The van der Waals surface area contributed by atoms with Gasteiger partial charge in [-0.3, -0.25) is 10.1 Å². The van der Waals surface area contributed by atoms with Gasteiger partial charge < -0.3 is 0 Å². The average Bonchev–Trinajstić information content (AvgIpc) is 3.20. The van der Waals surface area contributed by atoms with Gasteiger partial charge in [-0.25, -0.2) is 24.6 Å². The van der Waals surface area contributed by atoms with Crippen molar-refractivity contribution in [2.24, 2.45) is 0 Å². The normalized spacial score (nSPS) is 12.3. The van der Waals surface area contributed by atoms with Crippen LogP contribution in [-0.4, -0.2) is 34.6 Å². The maximum atomic E-state index is 13.3. The lowest BCUT2D eigenvalue weighted by Crippen LogP contribution is -2.14. The Morgan fingerprint density at radius 2 is 1.76 bits per heavy atom. The van der Waals surface area contributed by atoms with Gasteiger partial charge in [0.1, 0.15) is 12.0 Å². The second-order valence-corrected chi connectivity index (χ2v) is 7.21. The van der Waals surface area contributed by atoms with E-state index in [1.54, 1.807) is 0 Å². The van der Waals surface area contributed by atoms with Gasteiger partial charge in [-0.2, -0.15) is 26.3 Å². The minimum Gasteiger partial charge on any atom is -0.258 e. The van der Waals surface area contributed by atoms with Crippen molar-refractivity contribution in [3.63, 3.8) is 0 Å². The fraction of sp³-hybridized carbons (Fsp3) is 0.118. The molecule has 0 bridgehead atoms. The highest BCUT2D eigenvalue weighted by Gasteiger charge is 2.39. The SMILES string of the molecule is O=[N+]([O-])c1cccnc1Sc1ncn(-c2ccc3c(C(F)(F)F)cc(C(F)(F)F)nc3n2)n1. The highest BCUT2D eigenvalue weighted by atomic mass is 32.2. The van der Waals surface area contributed by atoms with Gasteiger partial charge in [-0.05, 0) is 36.0 Å². The number of hydrogen-bond acceptors (Lipinski definition) is 8. The Morgan fingerprint density at radius 1 is 1.00 bits per heavy atom. The average molecular weight is 487 g/mol. The predicted octanol–water partition coefficient (Wildman–Crippen LogP) is 4.70. The van der Waals surface area contributed by atoms with E-state index in [1.807, 2.05) is 0 Å². The van der Waals surface area contributed by atoms with Gasteiger partial charge in [0.2, 0.25) is 5.16 Å². The molecule has 4 heterocycles. The highest BCUT2D eigenvalue weighted by molar-refractivity contribution is 7.99. The Morgan fingerprint density at radius 3 is 2.42 bits per heavy atom. The summed E-state index contributed by atoms with van der Waals surface area (Å²) in [5, 5.41) is 14.4. The maximum absolute atomic E-state index is 13.3. The second kappa shape index (κ2) is 7.95. The third kappa shape index (κ3) is 4.55. The molecule has 0 N–H and O–H groups in total. The Labute approximate surface area is 182 Å². The van der Waals surface area contributed by atoms with Gasteiger partial charge in [0.25, 0.3) is 0 Å². The summed E-state index contributed by atoms with van der Waals surface area (Å²) in [6.45, 7) is 0. The summed E-state index contributed by atoms with van der Waals surface area (Å²) in [6, 6.07) is 4.53. The molecule has 0 saturated heterocycles. The molecule has 0 aromatic carbocycles. The van der Waals surface area contributed by atoms with Crippen LogP contribution in [0.3, 0.4) is 0 Å². The smallest absolute Gasteiger partial charge is 0.258 e. The van der Waals surface area contributed by atoms with Crippen molar-refractivity contribution in [3.8, 4) is 5.82 Å². The number of alkyl halides is 6. The quantitative estimate of drug-likeness (QED) is 0.231. The predicted molar refractivity (Wildman–Crippen MR) is 99.5 cm³/mol. The van der Waals surface area contributed by atoms with E-state index in [0.717, 1.165) is 34.9 Å². The molecular weight excluding hydrogens is 480 g/mol. The van der Waals surface area contributed by atoms with Crippen LogP contribution in [0.2, 0.25) is 0 Å². The van der Waals surface area contributed by atoms with Crippen LogP contribution < -0.4 is 0 Å². The zero-order chi connectivity index (χ0) is 24.0. The first-order chi connectivity index (χ1) is 15.4. The number of nitro groups is 1. The van der Waals surface area contributed by atoms with E-state index >= 15 is 0 Å². The fourth-order valence-electron chi connectivity index (χ4n) is 2.69. The van der Waals surface area contributed by atoms with E-state index in [1.165, 1.54) is 18.3 Å². The van der Waals surface area contributed by atoms with Crippen LogP contribution in [0.5, 0.6) is 0 Å². The lowest BCUT2D eigenvalue weighted by Gasteiger charge is -2.14. The Balaban J connectivity index is 1.74. The Hall–Kier alpha value is -3.82. The minimum absolute atomic E-state index is 0.0157. The topological polar surface area (TPSA) is 113 Å². The van der Waals surface area contributed by atoms with Crippen LogP contribution in [0, 0.1) is 10.1 Å². The van der Waals surface area contributed by atoms with Gasteiger partial charge in [-0.15, -0.1) is 5.10 Å². The maximum Gasteiger partial charge on any atom is 0.433 e. The molecule has 0 atom stereocenters. The summed E-state index contributed by atoms with van der Waals surface area (Å²) in [5.74, 6) is -0.169. The lowest BCUT2D eigenvalue weighted by atomic mass is 10.1. The van der Waals surface area contributed by atoms with Crippen LogP contribution in [0.4, 0.5) is 32.0 Å². The second-order valence-electron chi connectivity index (χ2n) is 6.25. The molecule has 16 heteroatoms. The van der Waals surface area contributed by atoms with Gasteiger partial charge in [0, 0.05) is 17.6 Å². The van der Waals surface area contributed by atoms with Crippen molar-refractivity contribution in [2.45, 2.75) is 22.5 Å². The monoisotopic (exact) mass is 487 g/mol. The molecule has 0 fully saturated rings. The van der Waals surface area contributed by atoms with E-state index in [9.17, 15) is 36.5 Å². The molecule has 0 saturated carbocycles. The van der Waals surface area contributed by atoms with E-state index in [-0.39, 0.29) is 27.8 Å². The fourth-order valence-corrected chi connectivity index (χ4v) is 3.46. The Bertz CT molecular complexity index is 1370. The molecule has 4 aromatic rings. The number of aromatic nitrogens is 6. The molecule has 0 aliphatic rings. The molecular formula is C17H7F6N7O2S. The van der Waals surface area contributed by atoms with Crippen LogP contribution in [0.15, 0.2) is 53.0 Å². The third-order valence-corrected chi connectivity index (χ3v) is 4.97. The van der Waals surface area contributed by atoms with E-state index in [2.05, 4.69) is 25.0 Å². The molecule has 0 unspecified atom stereocenters. The van der Waals surface area contributed by atoms with Crippen LogP contribution in [0.1, 0.15) is 11.3 Å². The lowest BCUT2D eigenvalue weighted by molar-refractivity contribution is -0.388. The Kier molecular flexibility index (Phi) is 5.39. The number of hydrogen-bond donors (Lipinski definition) is 0. The molecule has 0 aliphatic carbocycles. The van der Waals surface area contributed by atoms with Crippen LogP contribution >= 0.6 is 11.8 Å². The number of fused-ring (bicyclic) bond motifs is 1. The molecule has 4 aromatic heterocycles. The van der Waals surface area contributed by atoms with Crippen molar-refractivity contribution in [1.29, 1.82) is 0 Å². The summed E-state index contributed by atoms with van der Waals surface area (Å²) >= 11 is 0.737. The van der Waals surface area contributed by atoms with Crippen LogP contribution in [-0.2, 0) is 12.4 Å². The number of halogens is 6. The molecule has 0 radical (unpaired) electrons. The molecule has 9 nitrogen and oxygen atoms in total. The first-order valence-electron chi connectivity index (χ1n) is 8.59. The molecule has 170 valence electrons. The van der Waals surface area contributed by atoms with Crippen LogP contribution in [0.25, 0.3) is 16.9 Å². The van der Waals surface area contributed by atoms with Crippen molar-refractivity contribution < 1.29 is 31.3 Å². The van der Waals surface area contributed by atoms with E-state index in [0.29, 0.717) is 0 Å². The van der Waals surface area contributed by atoms with Gasteiger partial charge >= 0.3 is 18.0 Å². The molecule has 0 aliphatic heterocycles. The number of pyridine rings is 3. The summed E-state index contributed by atoms with van der Waals surface area (Å²) < 4.78 is 80.1. The first kappa shape index (κ1) is 22.4. The summed E-state index contributed by atoms with van der Waals surface area (Å²) in [5.41, 5.74) is -4.37. The van der Waals surface area contributed by atoms with Gasteiger partial charge in [0.05, 0.1) is 10.5 Å². The van der Waals surface area contributed by atoms with E-state index in [4.69, 9.17) is 0 Å². The number of rotatable bonds is 4. The van der Waals surface area contributed by atoms with Crippen molar-refractivity contribution >= 4 is 28.5 Å². The summed E-state index contributed by atoms with van der Waals surface area (Å²) in [6.07, 6.45) is -7.79. The van der Waals surface area contributed by atoms with Crippen molar-refractivity contribution in [3.05, 3.63) is 64.2 Å². The largest absolute Gasteiger partial charge is 0.433 e. The van der Waals surface area contributed by atoms with Gasteiger partial charge in [-0.1, -0.05) is 0 Å². The summed E-state index contributed by atoms with van der Waals surface area (Å²) in [7, 11) is 0. The van der Waals surface area contributed by atoms with E-state index < -0.39 is 39.6 Å². The third-order valence-electron chi connectivity index (χ3n) is 4.10. The molecule has 4 rings (SSSR count). The standard InChI is InChI=1S/C17H7F6N7O2S/c18-16(19,20)9-6-11(17(21,22)23)26-13-8(9)3-4-12(27-13)29-7-25-15(28-29)33-14-10(30(31)32)2-1-5-24-14/h1-7H. The number of nitrogens with zero attached hydrogens (tertiary/aromatic N) is 7. The van der Waals surface area contributed by atoms with Gasteiger partial charge in [0.15, 0.2) is 16.5 Å². The first-order valence-corrected chi connectivity index (χ1v) is 9.40. The highest BCUT2D eigenvalue weighted by Crippen LogP contribution is 2.38. The minimum atomic E-state index is -5.12. The molecule has 33 heavy (non-hydrogen) atoms. The van der Waals surface area contributed by atoms with Crippen molar-refractivity contribution in [2.75, 3.05) is 0 Å². The summed E-state index contributed by atoms with van der Waals surface area (Å²) in [4.78, 5) is 25.2. The van der Waals surface area contributed by atoms with Crippen molar-refractivity contribution in [1.82, 2.24) is 29.7 Å².